The van der Waals surface area contributed by atoms with Gasteiger partial charge in [-0.2, -0.15) is 5.26 Å². The third kappa shape index (κ3) is 4.46. The van der Waals surface area contributed by atoms with Crippen LogP contribution in [0.4, 0.5) is 5.82 Å². The molecule has 0 atom stereocenters. The Kier molecular flexibility index (Phi) is 5.40. The van der Waals surface area contributed by atoms with Gasteiger partial charge in [-0.15, -0.1) is 0 Å². The van der Waals surface area contributed by atoms with Gasteiger partial charge >= 0.3 is 0 Å². The second-order valence-electron chi connectivity index (χ2n) is 8.83. The first-order valence-electron chi connectivity index (χ1n) is 11.4. The van der Waals surface area contributed by atoms with Crippen LogP contribution < -0.4 is 14.4 Å². The molecule has 2 aliphatic rings. The van der Waals surface area contributed by atoms with Gasteiger partial charge in [-0.05, 0) is 48.2 Å². The van der Waals surface area contributed by atoms with Crippen LogP contribution in [0.2, 0.25) is 5.02 Å². The molecule has 174 valence electrons. The fourth-order valence-corrected chi connectivity index (χ4v) is 4.26. The summed E-state index contributed by atoms with van der Waals surface area (Å²) in [4.78, 5) is 11.2. The second-order valence-corrected chi connectivity index (χ2v) is 9.23. The molecule has 2 heterocycles. The van der Waals surface area contributed by atoms with Crippen LogP contribution in [-0.4, -0.2) is 40.4 Å². The van der Waals surface area contributed by atoms with Crippen molar-refractivity contribution >= 4 is 28.5 Å². The van der Waals surface area contributed by atoms with Gasteiger partial charge in [-0.3, -0.25) is 4.98 Å². The number of halogens is 1. The Balaban J connectivity index is 1.19. The largest absolute Gasteiger partial charge is 0.487 e. The van der Waals surface area contributed by atoms with Crippen LogP contribution in [0.5, 0.6) is 17.2 Å². The van der Waals surface area contributed by atoms with Crippen molar-refractivity contribution in [2.75, 3.05) is 18.0 Å². The first-order valence-corrected chi connectivity index (χ1v) is 11.8. The summed E-state index contributed by atoms with van der Waals surface area (Å²) in [5.74, 6) is 2.32. The average molecular weight is 485 g/mol. The number of aromatic nitrogens is 2. The van der Waals surface area contributed by atoms with Gasteiger partial charge < -0.3 is 19.5 Å². The second kappa shape index (κ2) is 8.73. The van der Waals surface area contributed by atoms with Crippen LogP contribution in [0.1, 0.15) is 18.4 Å². The Morgan fingerprint density at radius 3 is 2.46 bits per heavy atom. The molecule has 0 amide bonds. The predicted octanol–water partition coefficient (Wildman–Crippen LogP) is 5.34. The Morgan fingerprint density at radius 2 is 1.74 bits per heavy atom. The zero-order chi connectivity index (χ0) is 23.9. The minimum absolute atomic E-state index is 0.150. The number of anilines is 1. The van der Waals surface area contributed by atoms with Crippen LogP contribution in [0, 0.1) is 11.3 Å². The van der Waals surface area contributed by atoms with Gasteiger partial charge in [0.25, 0.3) is 0 Å². The molecule has 7 nitrogen and oxygen atoms in total. The monoisotopic (exact) mass is 484 g/mol. The van der Waals surface area contributed by atoms with Gasteiger partial charge in [0.15, 0.2) is 5.75 Å². The van der Waals surface area contributed by atoms with Gasteiger partial charge in [0, 0.05) is 25.2 Å². The molecule has 4 aromatic rings. The third-order valence-electron chi connectivity index (χ3n) is 6.09. The van der Waals surface area contributed by atoms with Gasteiger partial charge in [0.2, 0.25) is 0 Å². The molecular weight excluding hydrogens is 464 g/mol. The SMILES string of the molecule is N#Cc1cc(Oc2ccc(-c3ccc4nc(N5CC(O)C5)cnc4c3)cc2)cc(Cl)c1OC1CC1. The van der Waals surface area contributed by atoms with E-state index in [1.165, 1.54) is 0 Å². The van der Waals surface area contributed by atoms with E-state index in [4.69, 9.17) is 21.1 Å². The lowest BCUT2D eigenvalue weighted by atomic mass is 10.0. The van der Waals surface area contributed by atoms with E-state index in [1.807, 2.05) is 47.4 Å². The van der Waals surface area contributed by atoms with Crippen molar-refractivity contribution in [3.8, 4) is 34.4 Å². The number of hydrogen-bond acceptors (Lipinski definition) is 7. The highest BCUT2D eigenvalue weighted by atomic mass is 35.5. The Bertz CT molecular complexity index is 1460. The van der Waals surface area contributed by atoms with Crippen molar-refractivity contribution < 1.29 is 14.6 Å². The minimum Gasteiger partial charge on any atom is -0.487 e. The molecule has 35 heavy (non-hydrogen) atoms. The van der Waals surface area contributed by atoms with E-state index in [-0.39, 0.29) is 12.2 Å². The fourth-order valence-electron chi connectivity index (χ4n) is 4.01. The quantitative estimate of drug-likeness (QED) is 0.395. The summed E-state index contributed by atoms with van der Waals surface area (Å²) in [6, 6.07) is 19.1. The fraction of sp³-hybridized carbons (Fsp3) is 0.222. The molecule has 0 bridgehead atoms. The Hall–Kier alpha value is -3.86. The topological polar surface area (TPSA) is 91.5 Å². The van der Waals surface area contributed by atoms with E-state index in [0.717, 1.165) is 40.8 Å². The van der Waals surface area contributed by atoms with Crippen LogP contribution >= 0.6 is 11.6 Å². The van der Waals surface area contributed by atoms with E-state index in [9.17, 15) is 10.4 Å². The van der Waals surface area contributed by atoms with Crippen LogP contribution in [-0.2, 0) is 0 Å². The Morgan fingerprint density at radius 1 is 0.971 bits per heavy atom. The highest BCUT2D eigenvalue weighted by Gasteiger charge is 2.27. The number of benzene rings is 3. The molecule has 1 saturated heterocycles. The molecule has 6 rings (SSSR count). The predicted molar refractivity (Wildman–Crippen MR) is 133 cm³/mol. The highest BCUT2D eigenvalue weighted by molar-refractivity contribution is 6.32. The molecule has 3 aromatic carbocycles. The molecule has 0 radical (unpaired) electrons. The van der Waals surface area contributed by atoms with Crippen LogP contribution in [0.3, 0.4) is 0 Å². The summed E-state index contributed by atoms with van der Waals surface area (Å²) in [5.41, 5.74) is 4.01. The average Bonchev–Trinajstić information content (AvgIpc) is 3.68. The molecule has 1 aliphatic carbocycles. The standard InChI is InChI=1S/C27H21ClN4O3/c28-23-11-22(9-18(12-29)27(23)35-21-6-7-21)34-20-4-1-16(2-5-20)17-3-8-24-25(10-17)30-13-26(31-24)32-14-19(33)15-32/h1-5,8-11,13,19,21,33H,6-7,14-15H2. The third-order valence-corrected chi connectivity index (χ3v) is 6.37. The van der Waals surface area contributed by atoms with E-state index in [0.29, 0.717) is 40.9 Å². The lowest BCUT2D eigenvalue weighted by molar-refractivity contribution is 0.141. The van der Waals surface area contributed by atoms with Crippen molar-refractivity contribution in [3.05, 3.63) is 71.4 Å². The van der Waals surface area contributed by atoms with Crippen molar-refractivity contribution in [2.24, 2.45) is 0 Å². The normalized spacial score (nSPS) is 15.5. The number of β-amino-alcohol motifs (C(OH)–C–C–N with tert-alkyl or cyclic N) is 1. The number of ether oxygens (including phenoxy) is 2. The van der Waals surface area contributed by atoms with Gasteiger partial charge in [-0.1, -0.05) is 29.8 Å². The summed E-state index contributed by atoms with van der Waals surface area (Å²) in [7, 11) is 0. The van der Waals surface area contributed by atoms with Crippen molar-refractivity contribution in [1.29, 1.82) is 5.26 Å². The lowest BCUT2D eigenvalue weighted by Gasteiger charge is -2.36. The van der Waals surface area contributed by atoms with Crippen LogP contribution in [0.25, 0.3) is 22.2 Å². The molecule has 1 aliphatic heterocycles. The Labute approximate surface area is 207 Å². The number of aliphatic hydroxyl groups excluding tert-OH is 1. The van der Waals surface area contributed by atoms with Crippen molar-refractivity contribution in [3.63, 3.8) is 0 Å². The van der Waals surface area contributed by atoms with Crippen LogP contribution in [0.15, 0.2) is 60.8 Å². The minimum atomic E-state index is -0.284. The number of aliphatic hydroxyl groups is 1. The molecule has 2 fully saturated rings. The van der Waals surface area contributed by atoms with E-state index in [1.54, 1.807) is 18.3 Å². The summed E-state index contributed by atoms with van der Waals surface area (Å²) in [5, 5.41) is 19.4. The molecule has 0 spiro atoms. The van der Waals surface area contributed by atoms with Gasteiger partial charge in [-0.25, -0.2) is 4.98 Å². The molecule has 1 N–H and O–H groups in total. The number of nitrogens with zero attached hydrogens (tertiary/aromatic N) is 4. The van der Waals surface area contributed by atoms with Gasteiger partial charge in [0.1, 0.15) is 23.4 Å². The summed E-state index contributed by atoms with van der Waals surface area (Å²) >= 11 is 6.37. The zero-order valence-electron chi connectivity index (χ0n) is 18.7. The van der Waals surface area contributed by atoms with Crippen molar-refractivity contribution in [2.45, 2.75) is 25.0 Å². The number of hydrogen-bond donors (Lipinski definition) is 1. The smallest absolute Gasteiger partial charge is 0.156 e. The maximum Gasteiger partial charge on any atom is 0.156 e. The first kappa shape index (κ1) is 21.7. The lowest BCUT2D eigenvalue weighted by Crippen LogP contribution is -2.51. The number of rotatable bonds is 6. The summed E-state index contributed by atoms with van der Waals surface area (Å²) < 4.78 is 11.7. The first-order chi connectivity index (χ1) is 17.1. The molecule has 1 saturated carbocycles. The van der Waals surface area contributed by atoms with Gasteiger partial charge in [0.05, 0.1) is 40.0 Å². The highest BCUT2D eigenvalue weighted by Crippen LogP contribution is 2.38. The number of fused-ring (bicyclic) bond motifs is 1. The molecule has 1 aromatic heterocycles. The summed E-state index contributed by atoms with van der Waals surface area (Å²) in [6.07, 6.45) is 3.58. The zero-order valence-corrected chi connectivity index (χ0v) is 19.4. The van der Waals surface area contributed by atoms with E-state index >= 15 is 0 Å². The number of nitriles is 1. The summed E-state index contributed by atoms with van der Waals surface area (Å²) in [6.45, 7) is 1.18. The maximum absolute atomic E-state index is 9.51. The molecule has 0 unspecified atom stereocenters. The van der Waals surface area contributed by atoms with E-state index in [2.05, 4.69) is 16.0 Å². The maximum atomic E-state index is 9.51. The van der Waals surface area contributed by atoms with Crippen molar-refractivity contribution in [1.82, 2.24) is 9.97 Å². The molecular formula is C27H21ClN4O3. The molecule has 8 heteroatoms. The van der Waals surface area contributed by atoms with E-state index < -0.39 is 0 Å².